The first-order valence-corrected chi connectivity index (χ1v) is 6.17. The number of nitrogens with two attached hydrogens (primary N) is 1. The predicted molar refractivity (Wildman–Crippen MR) is 70.8 cm³/mol. The number of benzene rings is 1. The van der Waals surface area contributed by atoms with Gasteiger partial charge in [0.2, 0.25) is 0 Å². The molecular weight excluding hydrogens is 234 g/mol. The van der Waals surface area contributed by atoms with E-state index in [1.54, 1.807) is 25.6 Å². The summed E-state index contributed by atoms with van der Waals surface area (Å²) >= 11 is 1.65. The maximum Gasteiger partial charge on any atom is 0.130 e. The molecule has 1 heterocycles. The van der Waals surface area contributed by atoms with E-state index < -0.39 is 0 Å². The minimum absolute atomic E-state index is 0.558. The zero-order valence-electron chi connectivity index (χ0n) is 9.90. The summed E-state index contributed by atoms with van der Waals surface area (Å²) < 4.78 is 10.8. The lowest BCUT2D eigenvalue weighted by Crippen LogP contribution is -1.93. The van der Waals surface area contributed by atoms with Crippen molar-refractivity contribution in [2.45, 2.75) is 6.54 Å². The molecule has 0 atom stereocenters. The first kappa shape index (κ1) is 12.0. The molecule has 0 aliphatic carbocycles. The van der Waals surface area contributed by atoms with Crippen molar-refractivity contribution >= 4 is 11.3 Å². The van der Waals surface area contributed by atoms with Gasteiger partial charge in [0, 0.05) is 17.0 Å². The fraction of sp³-hybridized carbons (Fsp3) is 0.231. The Morgan fingerprint density at radius 2 is 1.82 bits per heavy atom. The van der Waals surface area contributed by atoms with Crippen molar-refractivity contribution in [1.29, 1.82) is 0 Å². The summed E-state index contributed by atoms with van der Waals surface area (Å²) in [6.45, 7) is 0.558. The molecule has 0 unspecified atom stereocenters. The van der Waals surface area contributed by atoms with E-state index in [0.717, 1.165) is 27.5 Å². The zero-order valence-corrected chi connectivity index (χ0v) is 10.7. The quantitative estimate of drug-likeness (QED) is 0.906. The van der Waals surface area contributed by atoms with Gasteiger partial charge in [-0.3, -0.25) is 0 Å². The van der Waals surface area contributed by atoms with Crippen molar-refractivity contribution < 1.29 is 9.47 Å². The largest absolute Gasteiger partial charge is 0.496 e. The van der Waals surface area contributed by atoms with Crippen molar-refractivity contribution in [3.8, 4) is 22.6 Å². The van der Waals surface area contributed by atoms with Crippen molar-refractivity contribution in [3.63, 3.8) is 0 Å². The summed E-state index contributed by atoms with van der Waals surface area (Å²) in [7, 11) is 3.32. The van der Waals surface area contributed by atoms with Gasteiger partial charge in [-0.25, -0.2) is 0 Å². The number of rotatable bonds is 4. The van der Waals surface area contributed by atoms with Crippen molar-refractivity contribution in [2.75, 3.05) is 14.2 Å². The lowest BCUT2D eigenvalue weighted by atomic mass is 10.1. The summed E-state index contributed by atoms with van der Waals surface area (Å²) in [5, 5.41) is 2.07. The van der Waals surface area contributed by atoms with Crippen LogP contribution in [-0.4, -0.2) is 14.2 Å². The normalized spacial score (nSPS) is 10.3. The highest BCUT2D eigenvalue weighted by atomic mass is 32.1. The highest BCUT2D eigenvalue weighted by Gasteiger charge is 2.13. The second-order valence-electron chi connectivity index (χ2n) is 3.54. The molecule has 90 valence electrons. The predicted octanol–water partition coefficient (Wildman–Crippen LogP) is 2.89. The first-order valence-electron chi connectivity index (χ1n) is 5.29. The fourth-order valence-corrected chi connectivity index (χ4v) is 2.51. The van der Waals surface area contributed by atoms with Crippen molar-refractivity contribution in [1.82, 2.24) is 0 Å². The second-order valence-corrected chi connectivity index (χ2v) is 4.54. The molecule has 0 saturated carbocycles. The molecule has 2 rings (SSSR count). The minimum Gasteiger partial charge on any atom is -0.496 e. The van der Waals surface area contributed by atoms with E-state index in [9.17, 15) is 0 Å². The van der Waals surface area contributed by atoms with Crippen LogP contribution in [0.15, 0.2) is 29.6 Å². The van der Waals surface area contributed by atoms with Gasteiger partial charge in [0.25, 0.3) is 0 Å². The second kappa shape index (κ2) is 5.21. The monoisotopic (exact) mass is 249 g/mol. The molecule has 0 radical (unpaired) electrons. The Labute approximate surface area is 105 Å². The van der Waals surface area contributed by atoms with Crippen LogP contribution in [0, 0.1) is 0 Å². The highest BCUT2D eigenvalue weighted by Crippen LogP contribution is 2.39. The van der Waals surface area contributed by atoms with E-state index in [-0.39, 0.29) is 0 Å². The van der Waals surface area contributed by atoms with E-state index >= 15 is 0 Å². The van der Waals surface area contributed by atoms with Crippen LogP contribution in [0.1, 0.15) is 4.88 Å². The molecule has 0 bridgehead atoms. The molecule has 2 aromatic rings. The van der Waals surface area contributed by atoms with Crippen LogP contribution in [0.5, 0.6) is 11.5 Å². The fourth-order valence-electron chi connectivity index (χ4n) is 1.75. The van der Waals surface area contributed by atoms with Gasteiger partial charge in [0.1, 0.15) is 11.5 Å². The maximum atomic E-state index is 5.63. The van der Waals surface area contributed by atoms with Crippen LogP contribution < -0.4 is 15.2 Å². The Hall–Kier alpha value is -1.52. The Balaban J connectivity index is 2.55. The van der Waals surface area contributed by atoms with Crippen LogP contribution in [0.3, 0.4) is 0 Å². The number of hydrogen-bond acceptors (Lipinski definition) is 4. The average Bonchev–Trinajstić information content (AvgIpc) is 2.86. The Bertz CT molecular complexity index is 486. The van der Waals surface area contributed by atoms with Gasteiger partial charge in [0.05, 0.1) is 19.8 Å². The molecular formula is C13H15NO2S. The van der Waals surface area contributed by atoms with E-state index in [4.69, 9.17) is 15.2 Å². The smallest absolute Gasteiger partial charge is 0.130 e. The molecule has 0 amide bonds. The summed E-state index contributed by atoms with van der Waals surface area (Å²) in [5.41, 5.74) is 7.70. The maximum absolute atomic E-state index is 5.63. The van der Waals surface area contributed by atoms with Crippen LogP contribution in [0.2, 0.25) is 0 Å². The first-order chi connectivity index (χ1) is 8.30. The average molecular weight is 249 g/mol. The van der Waals surface area contributed by atoms with E-state index in [1.807, 2.05) is 18.2 Å². The molecule has 0 aliphatic heterocycles. The SMILES string of the molecule is COc1cccc(OC)c1-c1csc(CN)c1. The molecule has 0 saturated heterocycles. The van der Waals surface area contributed by atoms with E-state index in [1.165, 1.54) is 0 Å². The topological polar surface area (TPSA) is 44.5 Å². The minimum atomic E-state index is 0.558. The third-order valence-corrected chi connectivity index (χ3v) is 3.53. The van der Waals surface area contributed by atoms with Gasteiger partial charge in [0.15, 0.2) is 0 Å². The molecule has 0 aliphatic rings. The lowest BCUT2D eigenvalue weighted by Gasteiger charge is -2.11. The van der Waals surface area contributed by atoms with Gasteiger partial charge >= 0.3 is 0 Å². The molecule has 1 aromatic carbocycles. The molecule has 0 fully saturated rings. The Morgan fingerprint density at radius 3 is 2.29 bits per heavy atom. The Morgan fingerprint density at radius 1 is 1.18 bits per heavy atom. The van der Waals surface area contributed by atoms with Gasteiger partial charge in [-0.2, -0.15) is 0 Å². The summed E-state index contributed by atoms with van der Waals surface area (Å²) in [5.74, 6) is 1.62. The lowest BCUT2D eigenvalue weighted by molar-refractivity contribution is 0.397. The molecule has 2 N–H and O–H groups in total. The van der Waals surface area contributed by atoms with Gasteiger partial charge in [-0.1, -0.05) is 6.07 Å². The van der Waals surface area contributed by atoms with Crippen molar-refractivity contribution in [2.24, 2.45) is 5.73 Å². The number of ether oxygens (including phenoxy) is 2. The molecule has 3 nitrogen and oxygen atoms in total. The van der Waals surface area contributed by atoms with E-state index in [2.05, 4.69) is 11.4 Å². The van der Waals surface area contributed by atoms with E-state index in [0.29, 0.717) is 6.54 Å². The summed E-state index contributed by atoms with van der Waals surface area (Å²) in [4.78, 5) is 1.15. The molecule has 0 spiro atoms. The number of thiophene rings is 1. The van der Waals surface area contributed by atoms with Crippen molar-refractivity contribution in [3.05, 3.63) is 34.5 Å². The highest BCUT2D eigenvalue weighted by molar-refractivity contribution is 7.10. The van der Waals surface area contributed by atoms with Gasteiger partial charge in [-0.05, 0) is 23.6 Å². The van der Waals surface area contributed by atoms with Gasteiger partial charge in [-0.15, -0.1) is 11.3 Å². The van der Waals surface area contributed by atoms with Crippen LogP contribution in [0.25, 0.3) is 11.1 Å². The van der Waals surface area contributed by atoms with Gasteiger partial charge < -0.3 is 15.2 Å². The molecule has 17 heavy (non-hydrogen) atoms. The van der Waals surface area contributed by atoms with Crippen LogP contribution in [0.4, 0.5) is 0 Å². The number of hydrogen-bond donors (Lipinski definition) is 1. The summed E-state index contributed by atoms with van der Waals surface area (Å²) in [6, 6.07) is 7.84. The molecule has 1 aromatic heterocycles. The van der Waals surface area contributed by atoms with Crippen LogP contribution >= 0.6 is 11.3 Å². The Kier molecular flexibility index (Phi) is 3.66. The third-order valence-electron chi connectivity index (χ3n) is 2.57. The summed E-state index contributed by atoms with van der Waals surface area (Å²) in [6.07, 6.45) is 0. The standard InChI is InChI=1S/C13H15NO2S/c1-15-11-4-3-5-12(16-2)13(11)9-6-10(7-14)17-8-9/h3-6,8H,7,14H2,1-2H3. The van der Waals surface area contributed by atoms with Crippen LogP contribution in [-0.2, 0) is 6.54 Å². The third kappa shape index (κ3) is 2.28. The molecule has 4 heteroatoms. The zero-order chi connectivity index (χ0) is 12.3. The number of methoxy groups -OCH3 is 2.